The molecule has 4 saturated carbocycles. The second-order valence-corrected chi connectivity index (χ2v) is 13.7. The van der Waals surface area contributed by atoms with Crippen LogP contribution in [0.25, 0.3) is 0 Å². The summed E-state index contributed by atoms with van der Waals surface area (Å²) in [5, 5.41) is 0. The van der Waals surface area contributed by atoms with Crippen LogP contribution in [0.15, 0.2) is 106 Å². The number of rotatable bonds is 7. The summed E-state index contributed by atoms with van der Waals surface area (Å²) >= 11 is 0. The zero-order valence-electron chi connectivity index (χ0n) is 23.5. The molecule has 216 valence electrons. The molecule has 4 fully saturated rings. The highest BCUT2D eigenvalue weighted by Crippen LogP contribution is 2.59. The van der Waals surface area contributed by atoms with Crippen LogP contribution in [-0.4, -0.2) is 30.1 Å². The summed E-state index contributed by atoms with van der Waals surface area (Å²) in [5.74, 6) is -3.84. The van der Waals surface area contributed by atoms with Crippen LogP contribution >= 0.6 is 0 Å². The van der Waals surface area contributed by atoms with Gasteiger partial charge in [0, 0.05) is 6.92 Å². The Hall–Kier alpha value is -3.19. The van der Waals surface area contributed by atoms with Gasteiger partial charge < -0.3 is 9.47 Å². The highest BCUT2D eigenvalue weighted by Gasteiger charge is 2.57. The van der Waals surface area contributed by atoms with E-state index in [9.17, 15) is 18.4 Å². The lowest BCUT2D eigenvalue weighted by Crippen LogP contribution is -2.58. The first kappa shape index (κ1) is 29.3. The van der Waals surface area contributed by atoms with Crippen molar-refractivity contribution < 1.29 is 27.8 Å². The number of ether oxygens (including phenoxy) is 2. The third-order valence-corrected chi connectivity index (χ3v) is 10.9. The number of carbonyl (C=O) groups excluding carboxylic acids is 2. The molecule has 3 aromatic rings. The molecule has 7 rings (SSSR count). The van der Waals surface area contributed by atoms with Gasteiger partial charge in [-0.05, 0) is 99.1 Å². The predicted octanol–water partition coefficient (Wildman–Crippen LogP) is 7.72. The van der Waals surface area contributed by atoms with E-state index in [4.69, 9.17) is 4.74 Å². The summed E-state index contributed by atoms with van der Waals surface area (Å²) in [6.45, 7) is 1.65. The quantitative estimate of drug-likeness (QED) is 0.212. The molecule has 0 aliphatic heterocycles. The van der Waals surface area contributed by atoms with Gasteiger partial charge in [-0.15, -0.1) is 0 Å². The lowest BCUT2D eigenvalue weighted by atomic mass is 9.50. The van der Waals surface area contributed by atoms with E-state index in [0.29, 0.717) is 18.8 Å². The monoisotopic (exact) mass is 579 g/mol. The molecule has 4 aliphatic rings. The summed E-state index contributed by atoms with van der Waals surface area (Å²) in [7, 11) is -0.0146. The first-order chi connectivity index (χ1) is 19.6. The van der Waals surface area contributed by atoms with E-state index in [-0.39, 0.29) is 10.9 Å². The summed E-state index contributed by atoms with van der Waals surface area (Å²) in [6.07, 6.45) is 5.58. The van der Waals surface area contributed by atoms with Gasteiger partial charge in [-0.3, -0.25) is 0 Å². The van der Waals surface area contributed by atoms with Gasteiger partial charge in [0.1, 0.15) is 5.60 Å². The summed E-state index contributed by atoms with van der Waals surface area (Å²) < 4.78 is 35.4. The molecule has 0 amide bonds. The molecular formula is C34H37F2O4S+. The Labute approximate surface area is 243 Å². The minimum absolute atomic E-state index is 0.0146. The molecule has 4 nitrogen and oxygen atoms in total. The zero-order chi connectivity index (χ0) is 29.0. The molecule has 0 unspecified atom stereocenters. The molecule has 4 aliphatic carbocycles. The number of hydrogen-bond acceptors (Lipinski definition) is 4. The minimum atomic E-state index is -3.59. The Kier molecular flexibility index (Phi) is 8.83. The fraction of sp³-hybridized carbons (Fsp3) is 0.412. The first-order valence-electron chi connectivity index (χ1n) is 14.3. The summed E-state index contributed by atoms with van der Waals surface area (Å²) in [6, 6.07) is 32.2. The lowest BCUT2D eigenvalue weighted by molar-refractivity contribution is -0.209. The third-order valence-electron chi connectivity index (χ3n) is 8.71. The molecule has 7 heteroatoms. The van der Waals surface area contributed by atoms with Crippen LogP contribution < -0.4 is 0 Å². The van der Waals surface area contributed by atoms with Gasteiger partial charge in [-0.25, -0.2) is 9.59 Å². The van der Waals surface area contributed by atoms with E-state index in [1.165, 1.54) is 21.1 Å². The molecule has 0 spiro atoms. The average Bonchev–Trinajstić information content (AvgIpc) is 2.96. The van der Waals surface area contributed by atoms with Gasteiger partial charge in [0.15, 0.2) is 21.3 Å². The van der Waals surface area contributed by atoms with Crippen molar-refractivity contribution >= 4 is 22.8 Å². The maximum Gasteiger partial charge on any atom is 0.377 e. The van der Waals surface area contributed by atoms with Crippen molar-refractivity contribution in [3.63, 3.8) is 0 Å². The van der Waals surface area contributed by atoms with Gasteiger partial charge in [-0.2, -0.15) is 8.78 Å². The van der Waals surface area contributed by atoms with E-state index in [1.54, 1.807) is 0 Å². The van der Waals surface area contributed by atoms with Gasteiger partial charge in [0.05, 0.1) is 10.9 Å². The largest absolute Gasteiger partial charge is 0.456 e. The topological polar surface area (TPSA) is 52.6 Å². The predicted molar refractivity (Wildman–Crippen MR) is 155 cm³/mol. The Morgan fingerprint density at radius 2 is 1.15 bits per heavy atom. The fourth-order valence-electron chi connectivity index (χ4n) is 6.89. The zero-order valence-corrected chi connectivity index (χ0v) is 24.3. The molecule has 0 saturated heterocycles. The number of carbonyl (C=O) groups is 2. The maximum atomic E-state index is 12.7. The molecule has 41 heavy (non-hydrogen) atoms. The van der Waals surface area contributed by atoms with Crippen LogP contribution in [0, 0.1) is 23.7 Å². The minimum Gasteiger partial charge on any atom is -0.456 e. The Morgan fingerprint density at radius 1 is 0.756 bits per heavy atom. The van der Waals surface area contributed by atoms with Crippen molar-refractivity contribution in [2.75, 3.05) is 6.61 Å². The second kappa shape index (κ2) is 12.4. The number of halogens is 2. The SMILES string of the molecule is CC(F)(F)C(=O)OCC(=O)OC1(C)C2CC3CC(C2)CC1C3.c1ccc([S+](c2ccccc2)c2ccccc2)cc1. The van der Waals surface area contributed by atoms with Crippen LogP contribution in [0.2, 0.25) is 0 Å². The molecule has 0 atom stereocenters. The van der Waals surface area contributed by atoms with Crippen LogP contribution in [0.4, 0.5) is 8.78 Å². The number of esters is 2. The highest BCUT2D eigenvalue weighted by atomic mass is 32.2. The fourth-order valence-corrected chi connectivity index (χ4v) is 9.00. The number of hydrogen-bond donors (Lipinski definition) is 0. The van der Waals surface area contributed by atoms with Gasteiger partial charge in [0.2, 0.25) is 0 Å². The van der Waals surface area contributed by atoms with Crippen molar-refractivity contribution in [3.05, 3.63) is 91.0 Å². The van der Waals surface area contributed by atoms with Crippen molar-refractivity contribution in [2.45, 2.75) is 72.2 Å². The normalized spacial score (nSPS) is 26.2. The summed E-state index contributed by atoms with van der Waals surface area (Å²) in [4.78, 5) is 27.0. The highest BCUT2D eigenvalue weighted by molar-refractivity contribution is 7.97. The van der Waals surface area contributed by atoms with Gasteiger partial charge in [-0.1, -0.05) is 54.6 Å². The lowest BCUT2D eigenvalue weighted by Gasteiger charge is -2.59. The van der Waals surface area contributed by atoms with E-state index in [0.717, 1.165) is 37.5 Å². The molecule has 3 aromatic carbocycles. The van der Waals surface area contributed by atoms with Crippen LogP contribution in [-0.2, 0) is 30.0 Å². The third kappa shape index (κ3) is 6.83. The Bertz CT molecular complexity index is 1190. The van der Waals surface area contributed by atoms with E-state index in [1.807, 2.05) is 6.92 Å². The first-order valence-corrected chi connectivity index (χ1v) is 15.5. The van der Waals surface area contributed by atoms with E-state index in [2.05, 4.69) is 95.7 Å². The van der Waals surface area contributed by atoms with Crippen LogP contribution in [0.1, 0.15) is 46.0 Å². The second-order valence-electron chi connectivity index (χ2n) is 11.7. The van der Waals surface area contributed by atoms with Crippen molar-refractivity contribution in [3.8, 4) is 0 Å². The summed E-state index contributed by atoms with van der Waals surface area (Å²) in [5.41, 5.74) is -0.536. The Morgan fingerprint density at radius 3 is 1.51 bits per heavy atom. The maximum absolute atomic E-state index is 12.7. The van der Waals surface area contributed by atoms with Crippen molar-refractivity contribution in [1.29, 1.82) is 0 Å². The molecule has 4 bridgehead atoms. The Balaban J connectivity index is 0.000000166. The van der Waals surface area contributed by atoms with E-state index < -0.39 is 30.1 Å². The van der Waals surface area contributed by atoms with E-state index >= 15 is 0 Å². The number of benzene rings is 3. The molecule has 0 radical (unpaired) electrons. The molecule has 0 heterocycles. The van der Waals surface area contributed by atoms with Gasteiger partial charge in [0.25, 0.3) is 0 Å². The average molecular weight is 580 g/mol. The van der Waals surface area contributed by atoms with Gasteiger partial charge >= 0.3 is 17.9 Å². The van der Waals surface area contributed by atoms with Crippen LogP contribution in [0.5, 0.6) is 0 Å². The van der Waals surface area contributed by atoms with Crippen molar-refractivity contribution in [1.82, 2.24) is 0 Å². The standard InChI is InChI=1S/C18H15S.C16H22F2O4/c1-4-10-16(11-5-1)19(17-12-6-2-7-13-17)18-14-8-3-9-15-18;1-15(22-13(19)8-21-14(20)16(2,17)18)11-4-9-3-10(6-11)7-12(15)5-9/h1-15H;9-12H,3-8H2,1-2H3/q+1;. The number of alkyl halides is 2. The smallest absolute Gasteiger partial charge is 0.377 e. The molecule has 0 aromatic heterocycles. The molecule has 0 N–H and O–H groups in total. The molecular weight excluding hydrogens is 542 g/mol. The van der Waals surface area contributed by atoms with Crippen LogP contribution in [0.3, 0.4) is 0 Å². The van der Waals surface area contributed by atoms with Crippen molar-refractivity contribution in [2.24, 2.45) is 23.7 Å².